The van der Waals surface area contributed by atoms with Crippen molar-refractivity contribution in [1.29, 1.82) is 0 Å². The maximum Gasteiger partial charge on any atom is 0.227 e. The minimum atomic E-state index is -0.493. The predicted octanol–water partition coefficient (Wildman–Crippen LogP) is 4.14. The topological polar surface area (TPSA) is 49.4 Å². The van der Waals surface area contributed by atoms with Crippen LogP contribution < -0.4 is 10.2 Å². The zero-order chi connectivity index (χ0) is 18.7. The quantitative estimate of drug-likeness (QED) is 0.877. The van der Waals surface area contributed by atoms with Gasteiger partial charge in [-0.05, 0) is 56.0 Å². The molecule has 3 rings (SSSR count). The molecule has 2 aromatic rings. The number of carbonyl (C=O) groups excluding carboxylic acids is 2. The predicted molar refractivity (Wildman–Crippen MR) is 101 cm³/mol. The number of nitrogens with zero attached hydrogens (tertiary/aromatic N) is 1. The van der Waals surface area contributed by atoms with Crippen molar-refractivity contribution in [3.8, 4) is 0 Å². The van der Waals surface area contributed by atoms with Crippen molar-refractivity contribution in [2.75, 3.05) is 16.8 Å². The summed E-state index contributed by atoms with van der Waals surface area (Å²) in [5.41, 5.74) is 4.19. The number of hydrogen-bond acceptors (Lipinski definition) is 2. The first-order valence-electron chi connectivity index (χ1n) is 8.90. The van der Waals surface area contributed by atoms with Gasteiger partial charge < -0.3 is 10.2 Å². The Morgan fingerprint density at radius 3 is 2.65 bits per heavy atom. The largest absolute Gasteiger partial charge is 0.326 e. The normalized spacial score (nSPS) is 14.0. The molecule has 136 valence electrons. The molecule has 5 heteroatoms. The highest BCUT2D eigenvalue weighted by atomic mass is 19.1. The second-order valence-corrected chi connectivity index (χ2v) is 6.79. The summed E-state index contributed by atoms with van der Waals surface area (Å²) in [4.78, 5) is 25.4. The molecule has 4 nitrogen and oxygen atoms in total. The van der Waals surface area contributed by atoms with Crippen molar-refractivity contribution in [1.82, 2.24) is 0 Å². The van der Waals surface area contributed by atoms with Crippen molar-refractivity contribution < 1.29 is 14.0 Å². The molecule has 1 aliphatic heterocycles. The first-order chi connectivity index (χ1) is 12.4. The molecule has 0 aliphatic carbocycles. The number of anilines is 2. The fourth-order valence-corrected chi connectivity index (χ4v) is 3.30. The second kappa shape index (κ2) is 7.68. The number of benzene rings is 2. The van der Waals surface area contributed by atoms with Gasteiger partial charge >= 0.3 is 0 Å². The Morgan fingerprint density at radius 1 is 1.19 bits per heavy atom. The van der Waals surface area contributed by atoms with Crippen LogP contribution in [-0.4, -0.2) is 18.4 Å². The van der Waals surface area contributed by atoms with Gasteiger partial charge in [-0.15, -0.1) is 0 Å². The summed E-state index contributed by atoms with van der Waals surface area (Å²) in [7, 11) is 0. The first-order valence-corrected chi connectivity index (χ1v) is 8.90. The third kappa shape index (κ3) is 4.10. The highest BCUT2D eigenvalue weighted by molar-refractivity contribution is 5.96. The lowest BCUT2D eigenvalue weighted by atomic mass is 10.0. The second-order valence-electron chi connectivity index (χ2n) is 6.79. The molecule has 1 N–H and O–H groups in total. The van der Waals surface area contributed by atoms with E-state index in [1.807, 2.05) is 26.0 Å². The summed E-state index contributed by atoms with van der Waals surface area (Å²) in [5, 5.41) is 2.73. The summed E-state index contributed by atoms with van der Waals surface area (Å²) in [6.45, 7) is 4.61. The summed E-state index contributed by atoms with van der Waals surface area (Å²) in [6.07, 6.45) is 2.17. The Morgan fingerprint density at radius 2 is 2.00 bits per heavy atom. The Kier molecular flexibility index (Phi) is 5.35. The molecule has 0 spiro atoms. The van der Waals surface area contributed by atoms with Crippen molar-refractivity contribution in [2.24, 2.45) is 0 Å². The number of halogens is 1. The van der Waals surface area contributed by atoms with Crippen LogP contribution in [-0.2, 0) is 16.0 Å². The summed E-state index contributed by atoms with van der Waals surface area (Å²) >= 11 is 0. The molecule has 0 radical (unpaired) electrons. The van der Waals surface area contributed by atoms with E-state index < -0.39 is 5.82 Å². The molecule has 26 heavy (non-hydrogen) atoms. The van der Waals surface area contributed by atoms with Crippen LogP contribution in [0.15, 0.2) is 36.4 Å². The lowest BCUT2D eigenvalue weighted by Gasteiger charge is -2.17. The van der Waals surface area contributed by atoms with Crippen LogP contribution in [0, 0.1) is 19.7 Å². The van der Waals surface area contributed by atoms with Crippen LogP contribution in [0.4, 0.5) is 15.8 Å². The molecule has 0 unspecified atom stereocenters. The third-order valence-electron chi connectivity index (χ3n) is 4.72. The van der Waals surface area contributed by atoms with Gasteiger partial charge in [0.05, 0.1) is 5.69 Å². The van der Waals surface area contributed by atoms with Gasteiger partial charge in [0.1, 0.15) is 5.82 Å². The highest BCUT2D eigenvalue weighted by Crippen LogP contribution is 2.27. The fourth-order valence-electron chi connectivity index (χ4n) is 3.30. The van der Waals surface area contributed by atoms with Crippen molar-refractivity contribution >= 4 is 23.2 Å². The van der Waals surface area contributed by atoms with E-state index in [0.717, 1.165) is 12.0 Å². The van der Waals surface area contributed by atoms with Crippen LogP contribution in [0.3, 0.4) is 0 Å². The number of rotatable bonds is 5. The van der Waals surface area contributed by atoms with Crippen LogP contribution in [0.1, 0.15) is 36.0 Å². The fraction of sp³-hybridized carbons (Fsp3) is 0.333. The molecule has 2 amide bonds. The Bertz CT molecular complexity index is 848. The van der Waals surface area contributed by atoms with E-state index in [0.29, 0.717) is 31.5 Å². The monoisotopic (exact) mass is 354 g/mol. The van der Waals surface area contributed by atoms with E-state index in [-0.39, 0.29) is 17.5 Å². The van der Waals surface area contributed by atoms with Crippen molar-refractivity contribution in [2.45, 2.75) is 39.5 Å². The third-order valence-corrected chi connectivity index (χ3v) is 4.72. The smallest absolute Gasteiger partial charge is 0.227 e. The van der Waals surface area contributed by atoms with Crippen LogP contribution in [0.5, 0.6) is 0 Å². The maximum atomic E-state index is 14.3. The van der Waals surface area contributed by atoms with E-state index in [1.54, 1.807) is 12.1 Å². The Balaban J connectivity index is 1.60. The number of nitrogens with one attached hydrogen (secondary N) is 1. The molecule has 0 atom stereocenters. The SMILES string of the molecule is Cc1ccc(CCC(=O)Nc2ccc(N3CCCC3=O)c(F)c2)c(C)c1. The summed E-state index contributed by atoms with van der Waals surface area (Å²) in [5.74, 6) is -0.712. The molecule has 1 aliphatic rings. The average Bonchev–Trinajstić information content (AvgIpc) is 3.00. The minimum Gasteiger partial charge on any atom is -0.326 e. The lowest BCUT2D eigenvalue weighted by molar-refractivity contribution is -0.117. The molecule has 1 heterocycles. The highest BCUT2D eigenvalue weighted by Gasteiger charge is 2.24. The van der Waals surface area contributed by atoms with Gasteiger partial charge in [-0.3, -0.25) is 9.59 Å². The number of aryl methyl sites for hydroxylation is 3. The van der Waals surface area contributed by atoms with Crippen LogP contribution >= 0.6 is 0 Å². The van der Waals surface area contributed by atoms with Gasteiger partial charge in [0.15, 0.2) is 0 Å². The summed E-state index contributed by atoms with van der Waals surface area (Å²) in [6, 6.07) is 10.6. The van der Waals surface area contributed by atoms with Crippen molar-refractivity contribution in [3.63, 3.8) is 0 Å². The van der Waals surface area contributed by atoms with Gasteiger partial charge in [0, 0.05) is 25.1 Å². The first kappa shape index (κ1) is 18.1. The van der Waals surface area contributed by atoms with Gasteiger partial charge in [-0.1, -0.05) is 23.8 Å². The zero-order valence-electron chi connectivity index (χ0n) is 15.1. The lowest BCUT2D eigenvalue weighted by Crippen LogP contribution is -2.24. The van der Waals surface area contributed by atoms with E-state index in [4.69, 9.17) is 0 Å². The molecule has 2 aromatic carbocycles. The van der Waals surface area contributed by atoms with Gasteiger partial charge in [-0.25, -0.2) is 4.39 Å². The van der Waals surface area contributed by atoms with E-state index in [2.05, 4.69) is 11.4 Å². The van der Waals surface area contributed by atoms with Gasteiger partial charge in [-0.2, -0.15) is 0 Å². The Hall–Kier alpha value is -2.69. The molecule has 0 bridgehead atoms. The number of amides is 2. The molecule has 1 fully saturated rings. The maximum absolute atomic E-state index is 14.3. The average molecular weight is 354 g/mol. The van der Waals surface area contributed by atoms with Gasteiger partial charge in [0.2, 0.25) is 11.8 Å². The van der Waals surface area contributed by atoms with Crippen LogP contribution in [0.2, 0.25) is 0 Å². The van der Waals surface area contributed by atoms with Gasteiger partial charge in [0.25, 0.3) is 0 Å². The molecule has 0 aromatic heterocycles. The minimum absolute atomic E-state index is 0.0610. The standard InChI is InChI=1S/C21H23FN2O2/c1-14-5-6-16(15(2)12-14)7-10-20(25)23-17-8-9-19(18(22)13-17)24-11-3-4-21(24)26/h5-6,8-9,12-13H,3-4,7,10-11H2,1-2H3,(H,23,25). The molecule has 1 saturated heterocycles. The van der Waals surface area contributed by atoms with E-state index in [9.17, 15) is 14.0 Å². The molecule has 0 saturated carbocycles. The van der Waals surface area contributed by atoms with Crippen LogP contribution in [0.25, 0.3) is 0 Å². The number of carbonyl (C=O) groups is 2. The van der Waals surface area contributed by atoms with Crippen molar-refractivity contribution in [3.05, 3.63) is 58.9 Å². The number of hydrogen-bond donors (Lipinski definition) is 1. The Labute approximate surface area is 153 Å². The zero-order valence-corrected chi connectivity index (χ0v) is 15.1. The molecular weight excluding hydrogens is 331 g/mol. The summed E-state index contributed by atoms with van der Waals surface area (Å²) < 4.78 is 14.3. The van der Waals surface area contributed by atoms with E-state index in [1.165, 1.54) is 22.1 Å². The molecular formula is C21H23FN2O2. The van der Waals surface area contributed by atoms with E-state index >= 15 is 0 Å².